The normalized spacial score (nSPS) is 12.0. The second-order valence-corrected chi connectivity index (χ2v) is 5.55. The molecule has 0 aliphatic carbocycles. The molecule has 1 N–H and O–H groups in total. The van der Waals surface area contributed by atoms with E-state index in [0.717, 1.165) is 38.2 Å². The molecule has 0 amide bonds. The third-order valence-corrected chi connectivity index (χ3v) is 3.58. The summed E-state index contributed by atoms with van der Waals surface area (Å²) in [7, 11) is 0. The van der Waals surface area contributed by atoms with Crippen molar-refractivity contribution in [3.05, 3.63) is 32.8 Å². The van der Waals surface area contributed by atoms with Crippen molar-refractivity contribution in [3.8, 4) is 5.75 Å². The fraction of sp³-hybridized carbons (Fsp3) is 0.533. The van der Waals surface area contributed by atoms with Gasteiger partial charge < -0.3 is 9.84 Å². The first-order chi connectivity index (χ1) is 10.4. The van der Waals surface area contributed by atoms with Crippen molar-refractivity contribution in [3.63, 3.8) is 0 Å². The van der Waals surface area contributed by atoms with E-state index >= 15 is 0 Å². The van der Waals surface area contributed by atoms with Crippen LogP contribution in [-0.2, 0) is 0 Å². The second kappa shape index (κ2) is 8.58. The van der Waals surface area contributed by atoms with Gasteiger partial charge in [-0.25, -0.2) is 4.79 Å². The van der Waals surface area contributed by atoms with Crippen LogP contribution >= 0.6 is 11.6 Å². The number of carbonyl (C=O) groups is 1. The molecule has 22 heavy (non-hydrogen) atoms. The zero-order valence-corrected chi connectivity index (χ0v) is 13.4. The van der Waals surface area contributed by atoms with Crippen LogP contribution in [0.1, 0.15) is 56.3 Å². The summed E-state index contributed by atoms with van der Waals surface area (Å²) in [6, 6.07) is 2.13. The Morgan fingerprint density at radius 1 is 1.41 bits per heavy atom. The first kappa shape index (κ1) is 18.2. The summed E-state index contributed by atoms with van der Waals surface area (Å²) in [4.78, 5) is 21.4. The monoisotopic (exact) mass is 329 g/mol. The Bertz CT molecular complexity index is 547. The van der Waals surface area contributed by atoms with Gasteiger partial charge >= 0.3 is 11.7 Å². The van der Waals surface area contributed by atoms with Crippen LogP contribution in [0.15, 0.2) is 12.1 Å². The molecule has 0 fully saturated rings. The van der Waals surface area contributed by atoms with Crippen LogP contribution in [0.5, 0.6) is 5.75 Å². The van der Waals surface area contributed by atoms with Crippen LogP contribution in [-0.4, -0.2) is 22.1 Å². The molecule has 7 heteroatoms. The summed E-state index contributed by atoms with van der Waals surface area (Å²) < 4.78 is 5.58. The zero-order valence-electron chi connectivity index (χ0n) is 12.7. The molecule has 1 atom stereocenters. The molecule has 1 aromatic carbocycles. The Balaban J connectivity index is 2.87. The Hall–Kier alpha value is -1.82. The third kappa shape index (κ3) is 5.18. The van der Waals surface area contributed by atoms with E-state index in [9.17, 15) is 14.9 Å². The minimum Gasteiger partial charge on any atom is -0.484 e. The maximum absolute atomic E-state index is 11.1. The van der Waals surface area contributed by atoms with Gasteiger partial charge in [-0.3, -0.25) is 10.1 Å². The topological polar surface area (TPSA) is 89.7 Å². The highest BCUT2D eigenvalue weighted by atomic mass is 35.5. The lowest BCUT2D eigenvalue weighted by Crippen LogP contribution is -2.13. The van der Waals surface area contributed by atoms with Crippen molar-refractivity contribution in [1.29, 1.82) is 0 Å². The lowest BCUT2D eigenvalue weighted by molar-refractivity contribution is -0.386. The van der Waals surface area contributed by atoms with E-state index in [4.69, 9.17) is 21.4 Å². The summed E-state index contributed by atoms with van der Waals surface area (Å²) in [5.74, 6) is -1.31. The molecule has 6 nitrogen and oxygen atoms in total. The molecule has 0 saturated carbocycles. The second-order valence-electron chi connectivity index (χ2n) is 5.14. The quantitative estimate of drug-likeness (QED) is 0.403. The summed E-state index contributed by atoms with van der Waals surface area (Å²) in [6.45, 7) is 3.95. The van der Waals surface area contributed by atoms with Crippen molar-refractivity contribution in [2.75, 3.05) is 0 Å². The van der Waals surface area contributed by atoms with E-state index in [-0.39, 0.29) is 28.1 Å². The molecule has 1 rings (SSSR count). The lowest BCUT2D eigenvalue weighted by atomic mass is 10.1. The van der Waals surface area contributed by atoms with Gasteiger partial charge in [0, 0.05) is 12.1 Å². The first-order valence-corrected chi connectivity index (χ1v) is 7.62. The zero-order chi connectivity index (χ0) is 16.7. The van der Waals surface area contributed by atoms with Crippen molar-refractivity contribution >= 4 is 23.3 Å². The number of ether oxygens (including phenoxy) is 1. The van der Waals surface area contributed by atoms with E-state index in [0.29, 0.717) is 0 Å². The number of hydrogen-bond donors (Lipinski definition) is 1. The van der Waals surface area contributed by atoms with E-state index < -0.39 is 10.9 Å². The fourth-order valence-corrected chi connectivity index (χ4v) is 2.31. The molecule has 0 aliphatic heterocycles. The number of nitro benzene ring substituents is 1. The molecule has 122 valence electrons. The average molecular weight is 330 g/mol. The van der Waals surface area contributed by atoms with Crippen molar-refractivity contribution < 1.29 is 19.6 Å². The highest BCUT2D eigenvalue weighted by Crippen LogP contribution is 2.34. The molecular formula is C15H20ClNO5. The molecule has 0 aromatic heterocycles. The largest absolute Gasteiger partial charge is 0.484 e. The van der Waals surface area contributed by atoms with Crippen molar-refractivity contribution in [2.24, 2.45) is 0 Å². The van der Waals surface area contributed by atoms with Crippen LogP contribution in [0.2, 0.25) is 5.02 Å². The minimum absolute atomic E-state index is 0.00277. The summed E-state index contributed by atoms with van der Waals surface area (Å²) in [5, 5.41) is 20.0. The predicted molar refractivity (Wildman–Crippen MR) is 83.9 cm³/mol. The van der Waals surface area contributed by atoms with E-state index in [1.165, 1.54) is 6.07 Å². The lowest BCUT2D eigenvalue weighted by Gasteiger charge is -2.15. The van der Waals surface area contributed by atoms with Gasteiger partial charge in [-0.05, 0) is 19.8 Å². The molecule has 0 aliphatic rings. The predicted octanol–water partition coefficient (Wildman–Crippen LogP) is 4.68. The van der Waals surface area contributed by atoms with E-state index in [2.05, 4.69) is 6.92 Å². The van der Waals surface area contributed by atoms with Crippen molar-refractivity contribution in [1.82, 2.24) is 0 Å². The fourth-order valence-electron chi connectivity index (χ4n) is 2.08. The number of unbranched alkanes of at least 4 members (excludes halogenated alkanes) is 3. The maximum atomic E-state index is 11.1. The highest BCUT2D eigenvalue weighted by Gasteiger charge is 2.23. The summed E-state index contributed by atoms with van der Waals surface area (Å²) in [6.07, 6.45) is 4.91. The summed E-state index contributed by atoms with van der Waals surface area (Å²) >= 11 is 5.85. The standard InChI is InChI=1S/C15H20ClNO5/c1-3-4-5-6-7-10(2)22-14-9-12(16)11(15(18)19)8-13(14)17(20)21/h8-10H,3-7H2,1-2H3,(H,18,19). The molecule has 0 radical (unpaired) electrons. The maximum Gasteiger partial charge on any atom is 0.337 e. The van der Waals surface area contributed by atoms with Gasteiger partial charge in [0.1, 0.15) is 0 Å². The molecular weight excluding hydrogens is 310 g/mol. The van der Waals surface area contributed by atoms with E-state index in [1.54, 1.807) is 0 Å². The van der Waals surface area contributed by atoms with Crippen LogP contribution in [0.4, 0.5) is 5.69 Å². The third-order valence-electron chi connectivity index (χ3n) is 3.27. The van der Waals surface area contributed by atoms with Crippen LogP contribution in [0.3, 0.4) is 0 Å². The smallest absolute Gasteiger partial charge is 0.337 e. The Labute approximate surface area is 134 Å². The van der Waals surface area contributed by atoms with Gasteiger partial charge in [-0.15, -0.1) is 0 Å². The number of benzene rings is 1. The van der Waals surface area contributed by atoms with Crippen LogP contribution < -0.4 is 4.74 Å². The molecule has 1 unspecified atom stereocenters. The van der Waals surface area contributed by atoms with Gasteiger partial charge in [0.2, 0.25) is 0 Å². The number of carboxylic acid groups (broad SMARTS) is 1. The average Bonchev–Trinajstić information content (AvgIpc) is 2.43. The number of nitro groups is 1. The first-order valence-electron chi connectivity index (χ1n) is 7.24. The van der Waals surface area contributed by atoms with Gasteiger partial charge in [-0.2, -0.15) is 0 Å². The highest BCUT2D eigenvalue weighted by molar-refractivity contribution is 6.33. The SMILES string of the molecule is CCCCCCC(C)Oc1cc(Cl)c(C(=O)O)cc1[N+](=O)[O-]. The van der Waals surface area contributed by atoms with E-state index in [1.807, 2.05) is 6.92 Å². The van der Waals surface area contributed by atoms with Crippen molar-refractivity contribution in [2.45, 2.75) is 52.1 Å². The Kier molecular flexibility index (Phi) is 7.11. The number of rotatable bonds is 9. The molecule has 0 heterocycles. The van der Waals surface area contributed by atoms with Gasteiger partial charge in [0.25, 0.3) is 0 Å². The minimum atomic E-state index is -1.31. The molecule has 0 saturated heterocycles. The Morgan fingerprint density at radius 2 is 2.09 bits per heavy atom. The number of nitrogens with zero attached hydrogens (tertiary/aromatic N) is 1. The number of halogens is 1. The molecule has 0 spiro atoms. The number of carboxylic acids is 1. The van der Waals surface area contributed by atoms with Gasteiger partial charge in [-0.1, -0.05) is 37.8 Å². The number of hydrogen-bond acceptors (Lipinski definition) is 4. The van der Waals surface area contributed by atoms with Crippen LogP contribution in [0, 0.1) is 10.1 Å². The Morgan fingerprint density at radius 3 is 2.64 bits per heavy atom. The number of aromatic carboxylic acids is 1. The van der Waals surface area contributed by atoms with Crippen LogP contribution in [0.25, 0.3) is 0 Å². The molecule has 1 aromatic rings. The van der Waals surface area contributed by atoms with Gasteiger partial charge in [0.15, 0.2) is 5.75 Å². The van der Waals surface area contributed by atoms with Gasteiger partial charge in [0.05, 0.1) is 21.6 Å². The molecule has 0 bridgehead atoms. The summed E-state index contributed by atoms with van der Waals surface area (Å²) in [5.41, 5.74) is -0.696.